The summed E-state index contributed by atoms with van der Waals surface area (Å²) in [6.07, 6.45) is 3.65. The predicted molar refractivity (Wildman–Crippen MR) is 77.3 cm³/mol. The van der Waals surface area contributed by atoms with E-state index in [4.69, 9.17) is 9.94 Å². The highest BCUT2D eigenvalue weighted by molar-refractivity contribution is 5.99. The van der Waals surface area contributed by atoms with Crippen molar-refractivity contribution in [1.29, 1.82) is 0 Å². The maximum atomic E-state index is 11.8. The van der Waals surface area contributed by atoms with Gasteiger partial charge in [0.05, 0.1) is 11.8 Å². The Morgan fingerprint density at radius 3 is 2.80 bits per heavy atom. The van der Waals surface area contributed by atoms with E-state index in [1.807, 2.05) is 12.1 Å². The van der Waals surface area contributed by atoms with Crippen LogP contribution in [0, 0.1) is 0 Å². The molecule has 0 spiro atoms. The molecule has 20 heavy (non-hydrogen) atoms. The molecule has 2 rings (SSSR count). The molecule has 0 bridgehead atoms. The average molecular weight is 276 g/mol. The lowest BCUT2D eigenvalue weighted by atomic mass is 10.1. The van der Waals surface area contributed by atoms with Gasteiger partial charge in [0.1, 0.15) is 0 Å². The molecule has 108 valence electrons. The molecule has 1 aromatic rings. The van der Waals surface area contributed by atoms with E-state index in [1.165, 1.54) is 0 Å². The SMILES string of the molecule is CC(=NO)c1ccc(NC(=O)CCC2CCCO2)cc1. The van der Waals surface area contributed by atoms with E-state index in [-0.39, 0.29) is 12.0 Å². The van der Waals surface area contributed by atoms with Crippen LogP contribution in [0.15, 0.2) is 29.4 Å². The topological polar surface area (TPSA) is 70.9 Å². The van der Waals surface area contributed by atoms with Crippen LogP contribution in [0.25, 0.3) is 0 Å². The number of carbonyl (C=O) groups excluding carboxylic acids is 1. The van der Waals surface area contributed by atoms with Crippen LogP contribution < -0.4 is 5.32 Å². The molecule has 0 radical (unpaired) electrons. The van der Waals surface area contributed by atoms with Crippen molar-refractivity contribution in [2.75, 3.05) is 11.9 Å². The van der Waals surface area contributed by atoms with Crippen molar-refractivity contribution in [2.45, 2.75) is 38.7 Å². The zero-order valence-corrected chi connectivity index (χ0v) is 11.6. The first-order valence-electron chi connectivity index (χ1n) is 6.89. The summed E-state index contributed by atoms with van der Waals surface area (Å²) in [6, 6.07) is 7.22. The summed E-state index contributed by atoms with van der Waals surface area (Å²) < 4.78 is 5.49. The smallest absolute Gasteiger partial charge is 0.224 e. The fourth-order valence-electron chi connectivity index (χ4n) is 2.24. The first kappa shape index (κ1) is 14.5. The van der Waals surface area contributed by atoms with Gasteiger partial charge in [-0.3, -0.25) is 4.79 Å². The predicted octanol–water partition coefficient (Wildman–Crippen LogP) is 2.78. The standard InChI is InChI=1S/C15H20N2O3/c1-11(17-19)12-4-6-13(7-5-12)16-15(18)9-8-14-3-2-10-20-14/h4-7,14,19H,2-3,8-10H2,1H3,(H,16,18). The Morgan fingerprint density at radius 1 is 1.45 bits per heavy atom. The molecule has 5 heteroatoms. The summed E-state index contributed by atoms with van der Waals surface area (Å²) in [5.74, 6) is 0.000738. The zero-order chi connectivity index (χ0) is 14.4. The van der Waals surface area contributed by atoms with Gasteiger partial charge in [0.25, 0.3) is 0 Å². The number of oxime groups is 1. The van der Waals surface area contributed by atoms with Crippen molar-refractivity contribution in [3.8, 4) is 0 Å². The number of hydrogen-bond donors (Lipinski definition) is 2. The van der Waals surface area contributed by atoms with Gasteiger partial charge < -0.3 is 15.3 Å². The number of nitrogens with one attached hydrogen (secondary N) is 1. The second-order valence-corrected chi connectivity index (χ2v) is 4.98. The number of rotatable bonds is 5. The third-order valence-electron chi connectivity index (χ3n) is 3.45. The van der Waals surface area contributed by atoms with E-state index >= 15 is 0 Å². The summed E-state index contributed by atoms with van der Waals surface area (Å²) >= 11 is 0. The van der Waals surface area contributed by atoms with E-state index < -0.39 is 0 Å². The fraction of sp³-hybridized carbons (Fsp3) is 0.467. The van der Waals surface area contributed by atoms with Gasteiger partial charge in [0.2, 0.25) is 5.91 Å². The van der Waals surface area contributed by atoms with Gasteiger partial charge in [0.15, 0.2) is 0 Å². The highest BCUT2D eigenvalue weighted by Gasteiger charge is 2.16. The Hall–Kier alpha value is -1.88. The molecule has 1 heterocycles. The third-order valence-corrected chi connectivity index (χ3v) is 3.45. The van der Waals surface area contributed by atoms with Crippen molar-refractivity contribution in [3.63, 3.8) is 0 Å². The normalized spacial score (nSPS) is 19.1. The van der Waals surface area contributed by atoms with Gasteiger partial charge in [0, 0.05) is 18.7 Å². The van der Waals surface area contributed by atoms with Crippen LogP contribution in [0.2, 0.25) is 0 Å². The summed E-state index contributed by atoms with van der Waals surface area (Å²) in [7, 11) is 0. The molecule has 1 unspecified atom stereocenters. The Kier molecular flexibility index (Phi) is 5.12. The van der Waals surface area contributed by atoms with Crippen molar-refractivity contribution in [3.05, 3.63) is 29.8 Å². The summed E-state index contributed by atoms with van der Waals surface area (Å²) in [5.41, 5.74) is 2.11. The molecule has 1 saturated heterocycles. The maximum Gasteiger partial charge on any atom is 0.224 e. The minimum Gasteiger partial charge on any atom is -0.411 e. The zero-order valence-electron chi connectivity index (χ0n) is 11.6. The van der Waals surface area contributed by atoms with Gasteiger partial charge in [-0.15, -0.1) is 0 Å². The Balaban J connectivity index is 1.81. The second-order valence-electron chi connectivity index (χ2n) is 4.98. The number of nitrogens with zero attached hydrogens (tertiary/aromatic N) is 1. The summed E-state index contributed by atoms with van der Waals surface area (Å²) in [5, 5.41) is 14.7. The van der Waals surface area contributed by atoms with E-state index in [1.54, 1.807) is 19.1 Å². The maximum absolute atomic E-state index is 11.8. The number of amides is 1. The molecular formula is C15H20N2O3. The van der Waals surface area contributed by atoms with Crippen LogP contribution >= 0.6 is 0 Å². The quantitative estimate of drug-likeness (QED) is 0.493. The molecule has 0 aromatic heterocycles. The lowest BCUT2D eigenvalue weighted by molar-refractivity contribution is -0.116. The van der Waals surface area contributed by atoms with Crippen LogP contribution in [0.1, 0.15) is 38.2 Å². The van der Waals surface area contributed by atoms with E-state index in [9.17, 15) is 4.79 Å². The van der Waals surface area contributed by atoms with E-state index in [0.717, 1.165) is 37.1 Å². The Labute approximate surface area is 118 Å². The lowest BCUT2D eigenvalue weighted by Crippen LogP contribution is -2.15. The molecule has 5 nitrogen and oxygen atoms in total. The first-order valence-corrected chi connectivity index (χ1v) is 6.89. The Bertz CT molecular complexity index is 476. The number of anilines is 1. The largest absolute Gasteiger partial charge is 0.411 e. The highest BCUT2D eigenvalue weighted by atomic mass is 16.5. The van der Waals surface area contributed by atoms with Crippen LogP contribution in [-0.2, 0) is 9.53 Å². The third kappa shape index (κ3) is 4.06. The second kappa shape index (κ2) is 7.05. The van der Waals surface area contributed by atoms with Gasteiger partial charge >= 0.3 is 0 Å². The van der Waals surface area contributed by atoms with Crippen LogP contribution in [0.3, 0.4) is 0 Å². The molecule has 1 atom stereocenters. The van der Waals surface area contributed by atoms with Gasteiger partial charge in [-0.2, -0.15) is 0 Å². The molecular weight excluding hydrogens is 256 g/mol. The number of benzene rings is 1. The van der Waals surface area contributed by atoms with Gasteiger partial charge in [-0.25, -0.2) is 0 Å². The lowest BCUT2D eigenvalue weighted by Gasteiger charge is -2.09. The number of ether oxygens (including phenoxy) is 1. The van der Waals surface area contributed by atoms with Crippen molar-refractivity contribution >= 4 is 17.3 Å². The molecule has 2 N–H and O–H groups in total. The van der Waals surface area contributed by atoms with Crippen molar-refractivity contribution in [1.82, 2.24) is 0 Å². The van der Waals surface area contributed by atoms with Crippen molar-refractivity contribution < 1.29 is 14.7 Å². The molecule has 1 fully saturated rings. The fourth-order valence-corrected chi connectivity index (χ4v) is 2.24. The summed E-state index contributed by atoms with van der Waals surface area (Å²) in [6.45, 7) is 2.54. The first-order chi connectivity index (χ1) is 9.69. The molecule has 1 amide bonds. The molecule has 0 saturated carbocycles. The Morgan fingerprint density at radius 2 is 2.20 bits per heavy atom. The molecule has 1 aliphatic rings. The monoisotopic (exact) mass is 276 g/mol. The van der Waals surface area contributed by atoms with E-state index in [2.05, 4.69) is 10.5 Å². The van der Waals surface area contributed by atoms with Crippen molar-refractivity contribution in [2.24, 2.45) is 5.16 Å². The molecule has 1 aromatic carbocycles. The van der Waals surface area contributed by atoms with Gasteiger partial charge in [-0.05, 0) is 43.9 Å². The minimum atomic E-state index is 0.000738. The summed E-state index contributed by atoms with van der Waals surface area (Å²) in [4.78, 5) is 11.8. The van der Waals surface area contributed by atoms with Gasteiger partial charge in [-0.1, -0.05) is 17.3 Å². The van der Waals surface area contributed by atoms with Crippen LogP contribution in [0.4, 0.5) is 5.69 Å². The highest BCUT2D eigenvalue weighted by Crippen LogP contribution is 2.17. The van der Waals surface area contributed by atoms with E-state index in [0.29, 0.717) is 12.1 Å². The molecule has 1 aliphatic heterocycles. The van der Waals surface area contributed by atoms with Crippen LogP contribution in [-0.4, -0.2) is 29.5 Å². The molecule has 0 aliphatic carbocycles. The minimum absolute atomic E-state index is 0.000738. The van der Waals surface area contributed by atoms with Crippen LogP contribution in [0.5, 0.6) is 0 Å². The number of carbonyl (C=O) groups is 1. The number of hydrogen-bond acceptors (Lipinski definition) is 4. The average Bonchev–Trinajstić information content (AvgIpc) is 2.98.